The third kappa shape index (κ3) is 7.91. The minimum absolute atomic E-state index is 0. The summed E-state index contributed by atoms with van der Waals surface area (Å²) in [6.07, 6.45) is 5.33. The highest BCUT2D eigenvalue weighted by molar-refractivity contribution is 6.21. The molecule has 0 saturated carbocycles. The van der Waals surface area contributed by atoms with Gasteiger partial charge in [-0.2, -0.15) is 10.2 Å². The molecule has 5 heterocycles. The molecule has 0 radical (unpaired) electrons. The van der Waals surface area contributed by atoms with Crippen LogP contribution in [-0.2, 0) is 25.9 Å². The summed E-state index contributed by atoms with van der Waals surface area (Å²) in [4.78, 5) is 55.1. The summed E-state index contributed by atoms with van der Waals surface area (Å²) in [6, 6.07) is 6.55. The topological polar surface area (TPSA) is 187 Å². The molecular formula is C36H48F2N10O4. The van der Waals surface area contributed by atoms with E-state index < -0.39 is 11.8 Å². The molecule has 4 N–H and O–H groups in total. The number of nitrogens with two attached hydrogens (primary N) is 1. The minimum Gasteiger partial charge on any atom is -0.333 e. The Morgan fingerprint density at radius 1 is 0.712 bits per heavy atom. The number of carbonyl (C=O) groups is 4. The number of carbonyl (C=O) groups excluding carboxylic acids is 4. The van der Waals surface area contributed by atoms with Gasteiger partial charge in [0.15, 0.2) is 0 Å². The number of nitrogens with one attached hydrogen (secondary N) is 2. The Balaban J connectivity index is 0.000000287. The summed E-state index contributed by atoms with van der Waals surface area (Å²) in [6.45, 7) is 13.5. The Hall–Kier alpha value is -5.38. The third-order valence-corrected chi connectivity index (χ3v) is 9.13. The van der Waals surface area contributed by atoms with Crippen LogP contribution in [0.1, 0.15) is 95.8 Å². The molecule has 4 amide bonds. The van der Waals surface area contributed by atoms with Gasteiger partial charge in [0.25, 0.3) is 23.6 Å². The van der Waals surface area contributed by atoms with E-state index in [9.17, 15) is 28.0 Å². The molecule has 0 unspecified atom stereocenters. The van der Waals surface area contributed by atoms with E-state index in [2.05, 4.69) is 10.2 Å². The molecule has 1 aromatic carbocycles. The van der Waals surface area contributed by atoms with Crippen LogP contribution in [0.2, 0.25) is 0 Å². The van der Waals surface area contributed by atoms with Crippen molar-refractivity contribution in [2.45, 2.75) is 78.6 Å². The lowest BCUT2D eigenvalue weighted by Crippen LogP contribution is -2.49. The zero-order chi connectivity index (χ0) is 38.5. The molecule has 6 rings (SSSR count). The van der Waals surface area contributed by atoms with Crippen molar-refractivity contribution in [1.29, 1.82) is 11.1 Å². The van der Waals surface area contributed by atoms with Crippen molar-refractivity contribution in [3.8, 4) is 0 Å². The molecule has 3 aliphatic rings. The van der Waals surface area contributed by atoms with E-state index in [1.54, 1.807) is 44.7 Å². The monoisotopic (exact) mass is 722 g/mol. The maximum atomic E-state index is 13.7. The summed E-state index contributed by atoms with van der Waals surface area (Å²) in [7, 11) is 0. The van der Waals surface area contributed by atoms with Gasteiger partial charge < -0.3 is 15.5 Å². The zero-order valence-electron chi connectivity index (χ0n) is 30.4. The van der Waals surface area contributed by atoms with Gasteiger partial charge in [0.1, 0.15) is 0 Å². The fourth-order valence-corrected chi connectivity index (χ4v) is 6.42. The van der Waals surface area contributed by atoms with E-state index in [1.807, 2.05) is 46.4 Å². The molecule has 0 aliphatic carbocycles. The number of nitrogens with zero attached hydrogens (tertiary/aromatic N) is 7. The van der Waals surface area contributed by atoms with Crippen LogP contribution in [0.5, 0.6) is 0 Å². The average molecular weight is 723 g/mol. The number of rotatable bonds is 7. The van der Waals surface area contributed by atoms with Crippen molar-refractivity contribution in [2.75, 3.05) is 26.2 Å². The highest BCUT2D eigenvalue weighted by atomic mass is 19.1. The lowest BCUT2D eigenvalue weighted by atomic mass is 9.99. The van der Waals surface area contributed by atoms with Crippen LogP contribution < -0.4 is 5.73 Å². The van der Waals surface area contributed by atoms with E-state index in [-0.39, 0.29) is 49.5 Å². The highest BCUT2D eigenvalue weighted by Gasteiger charge is 2.37. The van der Waals surface area contributed by atoms with Crippen LogP contribution >= 0.6 is 0 Å². The maximum Gasteiger partial charge on any atom is 0.261 e. The maximum absolute atomic E-state index is 13.7. The van der Waals surface area contributed by atoms with Crippen LogP contribution in [-0.4, -0.2) is 95.1 Å². The molecule has 0 fully saturated rings. The predicted molar refractivity (Wildman–Crippen MR) is 190 cm³/mol. The molecule has 3 aliphatic heterocycles. The molecule has 3 aromatic rings. The van der Waals surface area contributed by atoms with E-state index >= 15 is 0 Å². The van der Waals surface area contributed by atoms with E-state index in [4.69, 9.17) is 16.8 Å². The molecule has 0 atom stereocenters. The van der Waals surface area contributed by atoms with Crippen LogP contribution in [0.25, 0.3) is 0 Å². The van der Waals surface area contributed by atoms with E-state index in [1.165, 1.54) is 6.20 Å². The van der Waals surface area contributed by atoms with Crippen LogP contribution in [0.3, 0.4) is 0 Å². The fourth-order valence-electron chi connectivity index (χ4n) is 6.42. The third-order valence-electron chi connectivity index (χ3n) is 9.13. The Labute approximate surface area is 302 Å². The van der Waals surface area contributed by atoms with E-state index in [0.29, 0.717) is 66.5 Å². The number of benzene rings is 1. The molecule has 0 bridgehead atoms. The van der Waals surface area contributed by atoms with Crippen LogP contribution in [0.4, 0.5) is 8.78 Å². The summed E-state index contributed by atoms with van der Waals surface area (Å²) in [5, 5.41) is 8.48. The highest BCUT2D eigenvalue weighted by Crippen LogP contribution is 2.28. The largest absolute Gasteiger partial charge is 0.333 e. The average Bonchev–Trinajstić information content (AvgIpc) is 3.79. The normalized spacial score (nSPS) is 16.2. The lowest BCUT2D eigenvalue weighted by molar-refractivity contribution is 0.0550. The molecule has 16 heteroatoms. The van der Waals surface area contributed by atoms with Gasteiger partial charge in [0.2, 0.25) is 0 Å². The van der Waals surface area contributed by atoms with Crippen molar-refractivity contribution in [1.82, 2.24) is 34.3 Å². The van der Waals surface area contributed by atoms with Crippen LogP contribution in [0, 0.1) is 11.1 Å². The van der Waals surface area contributed by atoms with Gasteiger partial charge in [0, 0.05) is 45.0 Å². The number of fused-ring (bicyclic) bond motifs is 3. The first-order valence-electron chi connectivity index (χ1n) is 16.8. The summed E-state index contributed by atoms with van der Waals surface area (Å²) in [5.74, 6) is -0.980. The van der Waals surface area contributed by atoms with Gasteiger partial charge in [0.05, 0.1) is 78.3 Å². The summed E-state index contributed by atoms with van der Waals surface area (Å²) in [5.41, 5.74) is 19.0. The van der Waals surface area contributed by atoms with E-state index in [0.717, 1.165) is 22.7 Å². The Morgan fingerprint density at radius 3 is 1.48 bits per heavy atom. The van der Waals surface area contributed by atoms with Gasteiger partial charge in [-0.05, 0) is 64.8 Å². The first kappa shape index (κ1) is 39.4. The fraction of sp³-hybridized carbons (Fsp3) is 0.444. The van der Waals surface area contributed by atoms with Crippen LogP contribution in [0.15, 0.2) is 60.5 Å². The first-order valence-corrected chi connectivity index (χ1v) is 16.8. The minimum atomic E-state index is -0.437. The molecule has 0 saturated heterocycles. The molecule has 52 heavy (non-hydrogen) atoms. The van der Waals surface area contributed by atoms with Crippen molar-refractivity contribution in [3.05, 3.63) is 94.1 Å². The number of halogens is 2. The first-order chi connectivity index (χ1) is 24.6. The van der Waals surface area contributed by atoms with Crippen molar-refractivity contribution < 1.29 is 29.4 Å². The Kier molecular flexibility index (Phi) is 12.0. The number of imide groups is 1. The number of hydrogen-bond donors (Lipinski definition) is 3. The SMILES string of the molecule is CC(C)(C)N1CCc2c(cnn2C/C(=C/F)CN)C1=O.CC(C)(C)N1CCc2c(cnn2C/C(=C/F)CN2C(=O)c3ccccc3C2=O)C1=O.N=N.[HH]. The standard InChI is InChI=1S/C22H23FN4O3.C14H21FN4O.H2N2.H2/c1-22(2,3)26-9-8-18-17(21(26)30)11-24-27(18)13-14(10-23)12-25-19(28)15-6-4-5-7-16(15)20(25)29;1-14(2,3)18-5-4-12-11(13(18)20)8-17-19(12)9-10(6-15)7-16;1-2;/h4-7,10-11H,8-9,12-13H2,1-3H3;6,8H,4-5,7,9,16H2,1-3H3;1-2H;1H/b14-10+;10-6+;;. The van der Waals surface area contributed by atoms with Crippen molar-refractivity contribution in [3.63, 3.8) is 0 Å². The molecule has 2 aromatic heterocycles. The molecule has 280 valence electrons. The van der Waals surface area contributed by atoms with Gasteiger partial charge >= 0.3 is 0 Å². The number of hydrogen-bond acceptors (Lipinski definition) is 9. The number of amides is 4. The molecule has 14 nitrogen and oxygen atoms in total. The van der Waals surface area contributed by atoms with Crippen molar-refractivity contribution >= 4 is 23.6 Å². The quantitative estimate of drug-likeness (QED) is 0.222. The summed E-state index contributed by atoms with van der Waals surface area (Å²) >= 11 is 0. The Bertz CT molecular complexity index is 1870. The summed E-state index contributed by atoms with van der Waals surface area (Å²) < 4.78 is 29.6. The second-order valence-corrected chi connectivity index (χ2v) is 14.6. The van der Waals surface area contributed by atoms with Crippen molar-refractivity contribution in [2.24, 2.45) is 5.73 Å². The zero-order valence-corrected chi connectivity index (χ0v) is 30.4. The van der Waals surface area contributed by atoms with Gasteiger partial charge in [-0.25, -0.2) is 19.8 Å². The van der Waals surface area contributed by atoms with Gasteiger partial charge in [-0.3, -0.25) is 33.4 Å². The lowest BCUT2D eigenvalue weighted by Gasteiger charge is -2.38. The second-order valence-electron chi connectivity index (χ2n) is 14.6. The van der Waals surface area contributed by atoms with Gasteiger partial charge in [-0.15, -0.1) is 0 Å². The second kappa shape index (κ2) is 15.9. The molecule has 0 spiro atoms. The molecular weight excluding hydrogens is 674 g/mol. The smallest absolute Gasteiger partial charge is 0.261 e. The predicted octanol–water partition coefficient (Wildman–Crippen LogP) is 5.16. The number of aromatic nitrogens is 4. The Morgan fingerprint density at radius 2 is 1.12 bits per heavy atom. The van der Waals surface area contributed by atoms with Gasteiger partial charge in [-0.1, -0.05) is 12.1 Å².